The smallest absolute Gasteiger partial charge is 0.429 e. The molecule has 0 unspecified atom stereocenters. The predicted octanol–water partition coefficient (Wildman–Crippen LogP) is -0.375. The van der Waals surface area contributed by atoms with Crippen LogP contribution >= 0.6 is 0 Å². The highest BCUT2D eigenvalue weighted by molar-refractivity contribution is 5.73. The fourth-order valence-corrected chi connectivity index (χ4v) is 0.333. The maximum Gasteiger partial charge on any atom is 0.429 e. The molecular weight excluding hydrogens is 166 g/mol. The van der Waals surface area contributed by atoms with Gasteiger partial charge < -0.3 is 20.7 Å². The molecule has 0 saturated heterocycles. The Labute approximate surface area is 67.7 Å². The van der Waals surface area contributed by atoms with E-state index < -0.39 is 24.6 Å². The zero-order valence-electron chi connectivity index (χ0n) is 6.04. The van der Waals surface area contributed by atoms with Crippen molar-refractivity contribution in [3.8, 4) is 0 Å². The quantitative estimate of drug-likeness (QED) is 0.394. The van der Waals surface area contributed by atoms with Gasteiger partial charge in [0, 0.05) is 0 Å². The molecule has 0 aromatic rings. The molecule has 0 radical (unpaired) electrons. The summed E-state index contributed by atoms with van der Waals surface area (Å²) < 4.78 is 4.36. The molecular formula is C5H8N3O4+. The Morgan fingerprint density at radius 3 is 2.75 bits per heavy atom. The van der Waals surface area contributed by atoms with E-state index in [1.807, 2.05) is 0 Å². The van der Waals surface area contributed by atoms with Crippen LogP contribution in [-0.2, 0) is 9.53 Å². The average molecular weight is 174 g/mol. The van der Waals surface area contributed by atoms with Crippen LogP contribution in [0.1, 0.15) is 0 Å². The zero-order chi connectivity index (χ0) is 9.56. The molecule has 0 bridgehead atoms. The summed E-state index contributed by atoms with van der Waals surface area (Å²) in [5.41, 5.74) is 5.00. The van der Waals surface area contributed by atoms with Gasteiger partial charge in [0.1, 0.15) is 12.6 Å². The van der Waals surface area contributed by atoms with E-state index in [1.54, 1.807) is 0 Å². The third-order valence-electron chi connectivity index (χ3n) is 0.896. The topological polar surface area (TPSA) is 121 Å². The molecule has 0 aliphatic rings. The number of hydrogen-bond donors (Lipinski definition) is 3. The van der Waals surface area contributed by atoms with Gasteiger partial charge in [0.05, 0.1) is 0 Å². The largest absolute Gasteiger partial charge is 0.480 e. The standard InChI is InChI=1S/C5H7N3O4/c6-3(5(10)11)2-12-4(9)1-8-7/h1,3H,2,6H2,(H-,9,10,11)/p+1/b4-1+/t3-/m0/s1. The van der Waals surface area contributed by atoms with Crippen LogP contribution in [0.5, 0.6) is 0 Å². The van der Waals surface area contributed by atoms with E-state index in [-0.39, 0.29) is 0 Å². The van der Waals surface area contributed by atoms with Gasteiger partial charge in [0.2, 0.25) is 5.39 Å². The van der Waals surface area contributed by atoms with Gasteiger partial charge in [0.25, 0.3) is 0 Å². The number of nitrogens with zero attached hydrogens (tertiary/aromatic N) is 2. The molecule has 12 heavy (non-hydrogen) atoms. The molecule has 0 aliphatic heterocycles. The minimum Gasteiger partial charge on any atom is -0.480 e. The van der Waals surface area contributed by atoms with Crippen molar-refractivity contribution in [2.45, 2.75) is 6.04 Å². The van der Waals surface area contributed by atoms with E-state index in [4.69, 9.17) is 21.3 Å². The lowest BCUT2D eigenvalue weighted by atomic mass is 10.3. The monoisotopic (exact) mass is 174 g/mol. The molecule has 4 N–H and O–H groups in total. The molecule has 0 rings (SSSR count). The number of carboxylic acids is 1. The predicted molar refractivity (Wildman–Crippen MR) is 37.4 cm³/mol. The van der Waals surface area contributed by atoms with Gasteiger partial charge in [-0.15, -0.1) is 0 Å². The number of ether oxygens (including phenoxy) is 1. The normalized spacial score (nSPS) is 13.2. The highest BCUT2D eigenvalue weighted by atomic mass is 16.6. The summed E-state index contributed by atoms with van der Waals surface area (Å²) in [6.07, 6.45) is 0.606. The van der Waals surface area contributed by atoms with Crippen LogP contribution in [0.25, 0.3) is 4.98 Å². The SMILES string of the molecule is N#[N+]/C=C(\O)OC[C@H](N)C(=O)O. The second-order valence-electron chi connectivity index (χ2n) is 1.84. The molecule has 1 atom stereocenters. The van der Waals surface area contributed by atoms with Gasteiger partial charge in [-0.05, 0) is 0 Å². The molecule has 0 aromatic carbocycles. The van der Waals surface area contributed by atoms with Crippen LogP contribution in [0.15, 0.2) is 12.1 Å². The maximum absolute atomic E-state index is 10.1. The Balaban J connectivity index is 3.78. The molecule has 0 fully saturated rings. The number of aliphatic carboxylic acids is 1. The van der Waals surface area contributed by atoms with Gasteiger partial charge in [0.15, 0.2) is 4.98 Å². The summed E-state index contributed by atoms with van der Waals surface area (Å²) in [4.78, 5) is 12.5. The summed E-state index contributed by atoms with van der Waals surface area (Å²) in [6, 6.07) is -1.22. The van der Waals surface area contributed by atoms with Crippen molar-refractivity contribution < 1.29 is 19.7 Å². The molecule has 0 saturated carbocycles. The minimum atomic E-state index is -1.25. The molecule has 0 aromatic heterocycles. The van der Waals surface area contributed by atoms with Crippen molar-refractivity contribution in [1.82, 2.24) is 0 Å². The van der Waals surface area contributed by atoms with E-state index in [0.29, 0.717) is 6.20 Å². The number of aliphatic hydroxyl groups is 1. The Morgan fingerprint density at radius 1 is 1.75 bits per heavy atom. The lowest BCUT2D eigenvalue weighted by molar-refractivity contribution is -0.139. The van der Waals surface area contributed by atoms with Crippen LogP contribution in [-0.4, -0.2) is 28.8 Å². The first-order chi connectivity index (χ1) is 5.57. The van der Waals surface area contributed by atoms with E-state index in [2.05, 4.69) is 9.71 Å². The summed E-state index contributed by atoms with van der Waals surface area (Å²) in [6.45, 7) is -0.396. The molecule has 66 valence electrons. The number of rotatable bonds is 4. The maximum atomic E-state index is 10.1. The second kappa shape index (κ2) is 4.92. The average Bonchev–Trinajstić information content (AvgIpc) is 2.00. The summed E-state index contributed by atoms with van der Waals surface area (Å²) in [5, 5.41) is 24.7. The van der Waals surface area contributed by atoms with Crippen molar-refractivity contribution >= 4 is 5.97 Å². The minimum absolute atomic E-state index is 0.396. The first kappa shape index (κ1) is 10.2. The Hall–Kier alpha value is -1.81. The Kier molecular flexibility index (Phi) is 4.18. The third-order valence-corrected chi connectivity index (χ3v) is 0.896. The fourth-order valence-electron chi connectivity index (χ4n) is 0.333. The van der Waals surface area contributed by atoms with Crippen molar-refractivity contribution in [2.24, 2.45) is 5.73 Å². The molecule has 0 spiro atoms. The van der Waals surface area contributed by atoms with Gasteiger partial charge >= 0.3 is 18.1 Å². The van der Waals surface area contributed by atoms with Crippen molar-refractivity contribution in [1.29, 1.82) is 5.39 Å². The highest BCUT2D eigenvalue weighted by Gasteiger charge is 2.13. The van der Waals surface area contributed by atoms with E-state index in [1.165, 1.54) is 0 Å². The number of hydrogen-bond acceptors (Lipinski definition) is 5. The molecule has 7 nitrogen and oxygen atoms in total. The summed E-state index contributed by atoms with van der Waals surface area (Å²) in [7, 11) is 0. The molecule has 7 heteroatoms. The van der Waals surface area contributed by atoms with Crippen molar-refractivity contribution in [3.05, 3.63) is 17.1 Å². The van der Waals surface area contributed by atoms with Gasteiger partial charge in [-0.25, -0.2) is 0 Å². The second-order valence-corrected chi connectivity index (χ2v) is 1.84. The zero-order valence-corrected chi connectivity index (χ0v) is 6.04. The van der Waals surface area contributed by atoms with Crippen LogP contribution in [0.2, 0.25) is 0 Å². The van der Waals surface area contributed by atoms with Crippen LogP contribution < -0.4 is 5.73 Å². The summed E-state index contributed by atoms with van der Waals surface area (Å²) >= 11 is 0. The first-order valence-corrected chi connectivity index (χ1v) is 2.92. The van der Waals surface area contributed by atoms with Crippen LogP contribution in [0.4, 0.5) is 0 Å². The number of diazo groups is 1. The molecule has 0 amide bonds. The van der Waals surface area contributed by atoms with Gasteiger partial charge in [-0.1, -0.05) is 0 Å². The summed E-state index contributed by atoms with van der Waals surface area (Å²) in [5.74, 6) is -1.95. The lowest BCUT2D eigenvalue weighted by Crippen LogP contribution is -2.34. The molecule has 0 heterocycles. The number of carbonyl (C=O) groups is 1. The van der Waals surface area contributed by atoms with Crippen LogP contribution in [0.3, 0.4) is 0 Å². The highest BCUT2D eigenvalue weighted by Crippen LogP contribution is 1.93. The van der Waals surface area contributed by atoms with Gasteiger partial charge in [-0.3, -0.25) is 4.79 Å². The van der Waals surface area contributed by atoms with Crippen LogP contribution in [0, 0.1) is 5.39 Å². The third kappa shape index (κ3) is 4.08. The van der Waals surface area contributed by atoms with Gasteiger partial charge in [-0.2, -0.15) is 0 Å². The first-order valence-electron chi connectivity index (χ1n) is 2.92. The van der Waals surface area contributed by atoms with Crippen molar-refractivity contribution in [2.75, 3.05) is 6.61 Å². The van der Waals surface area contributed by atoms with E-state index in [9.17, 15) is 4.79 Å². The number of nitrogens with two attached hydrogens (primary N) is 1. The number of aliphatic hydroxyl groups excluding tert-OH is 1. The molecule has 0 aliphatic carbocycles. The Bertz CT molecular complexity index is 231. The number of carboxylic acid groups (broad SMARTS) is 1. The fraction of sp³-hybridized carbons (Fsp3) is 0.400. The van der Waals surface area contributed by atoms with E-state index >= 15 is 0 Å². The van der Waals surface area contributed by atoms with E-state index in [0.717, 1.165) is 0 Å². The Morgan fingerprint density at radius 2 is 2.33 bits per heavy atom. The lowest BCUT2D eigenvalue weighted by Gasteiger charge is -2.04. The van der Waals surface area contributed by atoms with Crippen molar-refractivity contribution in [3.63, 3.8) is 0 Å².